The Bertz CT molecular complexity index is 1030. The SMILES string of the molecule is Cc1cccc(Nc2nc(N/N=C/c3ccccc3C)nc(N3CCOCC3)n2)c1. The number of aryl methyl sites for hydroxylation is 2. The maximum absolute atomic E-state index is 5.45. The van der Waals surface area contributed by atoms with Gasteiger partial charge in [-0.2, -0.15) is 20.1 Å². The van der Waals surface area contributed by atoms with Crippen LogP contribution in [0.5, 0.6) is 0 Å². The molecular formula is C22H25N7O. The summed E-state index contributed by atoms with van der Waals surface area (Å²) in [4.78, 5) is 15.7. The van der Waals surface area contributed by atoms with Crippen LogP contribution in [0.15, 0.2) is 53.6 Å². The van der Waals surface area contributed by atoms with E-state index in [1.54, 1.807) is 6.21 Å². The number of anilines is 4. The normalized spacial score (nSPS) is 14.1. The third kappa shape index (κ3) is 5.09. The fourth-order valence-corrected chi connectivity index (χ4v) is 3.12. The fraction of sp³-hybridized carbons (Fsp3) is 0.273. The maximum atomic E-state index is 5.45. The number of morpholine rings is 1. The lowest BCUT2D eigenvalue weighted by Gasteiger charge is -2.27. The Balaban J connectivity index is 1.58. The summed E-state index contributed by atoms with van der Waals surface area (Å²) in [6.07, 6.45) is 1.77. The molecule has 0 unspecified atom stereocenters. The molecule has 2 heterocycles. The number of nitrogens with zero attached hydrogens (tertiary/aromatic N) is 5. The third-order valence-electron chi connectivity index (χ3n) is 4.75. The second kappa shape index (κ2) is 9.32. The number of ether oxygens (including phenoxy) is 1. The molecule has 1 aromatic heterocycles. The minimum atomic E-state index is 0.381. The van der Waals surface area contributed by atoms with E-state index in [4.69, 9.17) is 4.74 Å². The summed E-state index contributed by atoms with van der Waals surface area (Å²) in [5.74, 6) is 1.44. The molecule has 0 spiro atoms. The minimum absolute atomic E-state index is 0.381. The van der Waals surface area contributed by atoms with Crippen molar-refractivity contribution in [3.63, 3.8) is 0 Å². The van der Waals surface area contributed by atoms with E-state index in [1.807, 2.05) is 62.4 Å². The minimum Gasteiger partial charge on any atom is -0.378 e. The first-order chi connectivity index (χ1) is 14.7. The van der Waals surface area contributed by atoms with Gasteiger partial charge in [-0.25, -0.2) is 5.43 Å². The fourth-order valence-electron chi connectivity index (χ4n) is 3.12. The summed E-state index contributed by atoms with van der Waals surface area (Å²) in [5.41, 5.74) is 7.20. The number of aromatic nitrogens is 3. The topological polar surface area (TPSA) is 87.6 Å². The number of rotatable bonds is 6. The van der Waals surface area contributed by atoms with Crippen LogP contribution in [0, 0.1) is 13.8 Å². The van der Waals surface area contributed by atoms with Gasteiger partial charge in [0.2, 0.25) is 17.8 Å². The molecule has 154 valence electrons. The molecule has 1 aliphatic heterocycles. The molecule has 0 bridgehead atoms. The molecule has 3 aromatic rings. The first kappa shape index (κ1) is 19.8. The number of hydrazone groups is 1. The molecule has 0 saturated carbocycles. The van der Waals surface area contributed by atoms with Crippen LogP contribution in [0.4, 0.5) is 23.5 Å². The molecular weight excluding hydrogens is 378 g/mol. The van der Waals surface area contributed by atoms with Gasteiger partial charge in [0, 0.05) is 18.8 Å². The van der Waals surface area contributed by atoms with Gasteiger partial charge >= 0.3 is 0 Å². The molecule has 1 fully saturated rings. The molecule has 30 heavy (non-hydrogen) atoms. The van der Waals surface area contributed by atoms with Gasteiger partial charge in [0.1, 0.15) is 0 Å². The highest BCUT2D eigenvalue weighted by molar-refractivity contribution is 5.82. The van der Waals surface area contributed by atoms with Gasteiger partial charge in [0.15, 0.2) is 0 Å². The largest absolute Gasteiger partial charge is 0.378 e. The summed E-state index contributed by atoms with van der Waals surface area (Å²) in [5, 5.41) is 7.59. The molecule has 0 aliphatic carbocycles. The predicted octanol–water partition coefficient (Wildman–Crippen LogP) is 3.51. The Kier molecular flexibility index (Phi) is 6.14. The van der Waals surface area contributed by atoms with E-state index in [1.165, 1.54) is 0 Å². The summed E-state index contributed by atoms with van der Waals surface area (Å²) in [7, 11) is 0. The van der Waals surface area contributed by atoms with Crippen LogP contribution in [-0.2, 0) is 4.74 Å². The average Bonchev–Trinajstić information content (AvgIpc) is 2.76. The van der Waals surface area contributed by atoms with Crippen LogP contribution in [-0.4, -0.2) is 47.5 Å². The lowest BCUT2D eigenvalue weighted by molar-refractivity contribution is 0.122. The zero-order chi connectivity index (χ0) is 20.8. The molecule has 1 aliphatic rings. The van der Waals surface area contributed by atoms with Gasteiger partial charge in [0.05, 0.1) is 19.4 Å². The molecule has 0 radical (unpaired) electrons. The van der Waals surface area contributed by atoms with Crippen LogP contribution in [0.1, 0.15) is 16.7 Å². The van der Waals surface area contributed by atoms with Gasteiger partial charge in [-0.3, -0.25) is 0 Å². The van der Waals surface area contributed by atoms with Crippen molar-refractivity contribution in [1.82, 2.24) is 15.0 Å². The molecule has 4 rings (SSSR count). The van der Waals surface area contributed by atoms with Crippen molar-refractivity contribution >= 4 is 29.7 Å². The lowest BCUT2D eigenvalue weighted by Crippen LogP contribution is -2.37. The van der Waals surface area contributed by atoms with Crippen LogP contribution < -0.4 is 15.6 Å². The van der Waals surface area contributed by atoms with E-state index in [0.717, 1.165) is 35.5 Å². The molecule has 8 nitrogen and oxygen atoms in total. The number of benzene rings is 2. The lowest BCUT2D eigenvalue weighted by atomic mass is 10.1. The van der Waals surface area contributed by atoms with Gasteiger partial charge in [-0.1, -0.05) is 36.4 Å². The Hall–Kier alpha value is -3.52. The van der Waals surface area contributed by atoms with Gasteiger partial charge < -0.3 is 15.0 Å². The zero-order valence-corrected chi connectivity index (χ0v) is 17.2. The van der Waals surface area contributed by atoms with Crippen molar-refractivity contribution in [2.75, 3.05) is 41.9 Å². The first-order valence-electron chi connectivity index (χ1n) is 9.94. The zero-order valence-electron chi connectivity index (χ0n) is 17.2. The third-order valence-corrected chi connectivity index (χ3v) is 4.75. The second-order valence-electron chi connectivity index (χ2n) is 7.10. The monoisotopic (exact) mass is 403 g/mol. The van der Waals surface area contributed by atoms with Crippen LogP contribution in [0.25, 0.3) is 0 Å². The Morgan fingerprint density at radius 1 is 0.967 bits per heavy atom. The Labute approximate surface area is 176 Å². The highest BCUT2D eigenvalue weighted by atomic mass is 16.5. The van der Waals surface area contributed by atoms with E-state index >= 15 is 0 Å². The van der Waals surface area contributed by atoms with Gasteiger partial charge in [-0.05, 0) is 42.7 Å². The molecule has 8 heteroatoms. The van der Waals surface area contributed by atoms with E-state index in [9.17, 15) is 0 Å². The maximum Gasteiger partial charge on any atom is 0.250 e. The van der Waals surface area contributed by atoms with Crippen molar-refractivity contribution in [3.05, 3.63) is 65.2 Å². The molecule has 2 N–H and O–H groups in total. The standard InChI is InChI=1S/C22H25N7O/c1-16-6-5-9-19(14-16)24-20-25-21(27-22(26-20)29-10-12-30-13-11-29)28-23-15-18-8-4-3-7-17(18)2/h3-9,14-15H,10-13H2,1-2H3,(H2,24,25,26,27,28)/b23-15+. The van der Waals surface area contributed by atoms with Crippen molar-refractivity contribution in [2.45, 2.75) is 13.8 Å². The van der Waals surface area contributed by atoms with E-state index in [-0.39, 0.29) is 0 Å². The van der Waals surface area contributed by atoms with E-state index < -0.39 is 0 Å². The van der Waals surface area contributed by atoms with Crippen LogP contribution in [0.2, 0.25) is 0 Å². The summed E-state index contributed by atoms with van der Waals surface area (Å²) in [6, 6.07) is 16.1. The Morgan fingerprint density at radius 3 is 2.57 bits per heavy atom. The quantitative estimate of drug-likeness (QED) is 0.481. The van der Waals surface area contributed by atoms with Crippen LogP contribution >= 0.6 is 0 Å². The summed E-state index contributed by atoms with van der Waals surface area (Å²) >= 11 is 0. The number of nitrogens with one attached hydrogen (secondary N) is 2. The smallest absolute Gasteiger partial charge is 0.250 e. The molecule has 1 saturated heterocycles. The Morgan fingerprint density at radius 2 is 1.77 bits per heavy atom. The molecule has 0 amide bonds. The number of hydrogen-bond acceptors (Lipinski definition) is 8. The van der Waals surface area contributed by atoms with Crippen molar-refractivity contribution in [3.8, 4) is 0 Å². The van der Waals surface area contributed by atoms with E-state index in [0.29, 0.717) is 31.1 Å². The number of hydrogen-bond donors (Lipinski definition) is 2. The molecule has 2 aromatic carbocycles. The first-order valence-corrected chi connectivity index (χ1v) is 9.94. The second-order valence-corrected chi connectivity index (χ2v) is 7.10. The van der Waals surface area contributed by atoms with Crippen molar-refractivity contribution in [2.24, 2.45) is 5.10 Å². The highest BCUT2D eigenvalue weighted by Gasteiger charge is 2.16. The van der Waals surface area contributed by atoms with Crippen molar-refractivity contribution < 1.29 is 4.74 Å². The van der Waals surface area contributed by atoms with Gasteiger partial charge in [-0.15, -0.1) is 0 Å². The van der Waals surface area contributed by atoms with Crippen LogP contribution in [0.3, 0.4) is 0 Å². The highest BCUT2D eigenvalue weighted by Crippen LogP contribution is 2.19. The summed E-state index contributed by atoms with van der Waals surface area (Å²) in [6.45, 7) is 6.87. The predicted molar refractivity (Wildman–Crippen MR) is 120 cm³/mol. The van der Waals surface area contributed by atoms with Crippen molar-refractivity contribution in [1.29, 1.82) is 0 Å². The molecule has 0 atom stereocenters. The summed E-state index contributed by atoms with van der Waals surface area (Å²) < 4.78 is 5.45. The van der Waals surface area contributed by atoms with Gasteiger partial charge in [0.25, 0.3) is 0 Å². The van der Waals surface area contributed by atoms with E-state index in [2.05, 4.69) is 35.7 Å². The average molecular weight is 403 g/mol.